The Bertz CT molecular complexity index is 541. The molecule has 0 spiro atoms. The minimum absolute atomic E-state index is 0.00807. The number of hydrogen-bond acceptors (Lipinski definition) is 6. The van der Waals surface area contributed by atoms with Gasteiger partial charge in [0, 0.05) is 13.3 Å². The normalized spacial score (nSPS) is 11.7. The Morgan fingerprint density at radius 3 is 2.68 bits per heavy atom. The van der Waals surface area contributed by atoms with Crippen LogP contribution in [0.15, 0.2) is 23.0 Å². The summed E-state index contributed by atoms with van der Waals surface area (Å²) in [5.41, 5.74) is -0.0873. The minimum atomic E-state index is -0.551. The second-order valence-electron chi connectivity index (χ2n) is 4.22. The lowest BCUT2D eigenvalue weighted by molar-refractivity contribution is -0.0306. The molecule has 0 bridgehead atoms. The number of ether oxygens (including phenoxy) is 1. The molecule has 0 aliphatic heterocycles. The van der Waals surface area contributed by atoms with Crippen LogP contribution in [0.25, 0.3) is 11.5 Å². The van der Waals surface area contributed by atoms with Crippen LogP contribution in [0.1, 0.15) is 32.5 Å². The second kappa shape index (κ2) is 5.36. The fourth-order valence-corrected chi connectivity index (χ4v) is 2.03. The molecule has 0 aliphatic rings. The van der Waals surface area contributed by atoms with Gasteiger partial charge in [-0.1, -0.05) is 19.0 Å². The maximum atomic E-state index is 9.73. The molecule has 0 fully saturated rings. The molecule has 2 rings (SSSR count). The summed E-state index contributed by atoms with van der Waals surface area (Å²) in [6.45, 7) is 4.01. The third-order valence-corrected chi connectivity index (χ3v) is 3.40. The molecule has 102 valence electrons. The highest BCUT2D eigenvalue weighted by Gasteiger charge is 2.34. The Kier molecular flexibility index (Phi) is 3.80. The van der Waals surface area contributed by atoms with Crippen LogP contribution in [0.2, 0.25) is 0 Å². The van der Waals surface area contributed by atoms with E-state index < -0.39 is 5.60 Å². The molecule has 0 aromatic carbocycles. The van der Waals surface area contributed by atoms with E-state index in [4.69, 9.17) is 9.26 Å². The quantitative estimate of drug-likeness (QED) is 0.892. The standard InChI is InChI=1S/C13H17N3O3/c1-4-13(5-2,18-3)12-15-11(19-16-12)9-6-7-14-8-10(9)17/h6-8,17H,4-5H2,1-3H3. The van der Waals surface area contributed by atoms with Gasteiger partial charge in [0.15, 0.2) is 0 Å². The largest absolute Gasteiger partial charge is 0.505 e. The van der Waals surface area contributed by atoms with E-state index in [1.54, 1.807) is 19.4 Å². The summed E-state index contributed by atoms with van der Waals surface area (Å²) in [6, 6.07) is 1.62. The Balaban J connectivity index is 2.42. The lowest BCUT2D eigenvalue weighted by atomic mass is 9.96. The summed E-state index contributed by atoms with van der Waals surface area (Å²) < 4.78 is 10.8. The lowest BCUT2D eigenvalue weighted by Crippen LogP contribution is -2.28. The zero-order valence-electron chi connectivity index (χ0n) is 11.3. The van der Waals surface area contributed by atoms with E-state index in [1.807, 2.05) is 13.8 Å². The summed E-state index contributed by atoms with van der Waals surface area (Å²) in [5.74, 6) is 0.762. The van der Waals surface area contributed by atoms with Gasteiger partial charge in [0.05, 0.1) is 11.8 Å². The van der Waals surface area contributed by atoms with Crippen molar-refractivity contribution in [3.05, 3.63) is 24.3 Å². The lowest BCUT2D eigenvalue weighted by Gasteiger charge is -2.25. The summed E-state index contributed by atoms with van der Waals surface area (Å²) >= 11 is 0. The van der Waals surface area contributed by atoms with Crippen molar-refractivity contribution in [3.8, 4) is 17.2 Å². The van der Waals surface area contributed by atoms with E-state index in [1.165, 1.54) is 6.20 Å². The summed E-state index contributed by atoms with van der Waals surface area (Å²) in [7, 11) is 1.63. The fraction of sp³-hybridized carbons (Fsp3) is 0.462. The molecule has 2 aromatic rings. The molecular formula is C13H17N3O3. The van der Waals surface area contributed by atoms with Crippen molar-refractivity contribution in [2.45, 2.75) is 32.3 Å². The molecule has 0 saturated carbocycles. The molecule has 0 unspecified atom stereocenters. The molecule has 0 atom stereocenters. The van der Waals surface area contributed by atoms with Gasteiger partial charge in [0.25, 0.3) is 5.89 Å². The molecule has 1 N–H and O–H groups in total. The molecule has 6 heteroatoms. The van der Waals surface area contributed by atoms with Crippen molar-refractivity contribution in [2.75, 3.05) is 7.11 Å². The average Bonchev–Trinajstić information content (AvgIpc) is 2.92. The zero-order valence-corrected chi connectivity index (χ0v) is 11.3. The SMILES string of the molecule is CCC(CC)(OC)c1noc(-c2ccncc2O)n1. The van der Waals surface area contributed by atoms with Crippen LogP contribution in [0.4, 0.5) is 0 Å². The van der Waals surface area contributed by atoms with Gasteiger partial charge in [-0.15, -0.1) is 0 Å². The first-order valence-corrected chi connectivity index (χ1v) is 6.19. The van der Waals surface area contributed by atoms with Gasteiger partial charge in [-0.25, -0.2) is 0 Å². The molecule has 6 nitrogen and oxygen atoms in total. The highest BCUT2D eigenvalue weighted by Crippen LogP contribution is 2.33. The Morgan fingerprint density at radius 2 is 2.11 bits per heavy atom. The average molecular weight is 263 g/mol. The van der Waals surface area contributed by atoms with Crippen LogP contribution in [-0.4, -0.2) is 27.3 Å². The first-order chi connectivity index (χ1) is 9.16. The monoisotopic (exact) mass is 263 g/mol. The molecule has 2 aromatic heterocycles. The van der Waals surface area contributed by atoms with E-state index in [0.29, 0.717) is 11.4 Å². The van der Waals surface area contributed by atoms with Crippen LogP contribution in [-0.2, 0) is 10.3 Å². The Hall–Kier alpha value is -1.95. The molecule has 0 aliphatic carbocycles. The first-order valence-electron chi connectivity index (χ1n) is 6.19. The molecule has 0 amide bonds. The van der Waals surface area contributed by atoms with Crippen molar-refractivity contribution < 1.29 is 14.4 Å². The van der Waals surface area contributed by atoms with Gasteiger partial charge in [-0.05, 0) is 18.9 Å². The number of aromatic nitrogens is 3. The molecule has 2 heterocycles. The topological polar surface area (TPSA) is 81.3 Å². The van der Waals surface area contributed by atoms with Crippen LogP contribution < -0.4 is 0 Å². The summed E-state index contributed by atoms with van der Waals surface area (Å²) in [6.07, 6.45) is 4.37. The predicted molar refractivity (Wildman–Crippen MR) is 68.5 cm³/mol. The van der Waals surface area contributed by atoms with Crippen LogP contribution in [0, 0.1) is 0 Å². The third kappa shape index (κ3) is 2.31. The third-order valence-electron chi connectivity index (χ3n) is 3.40. The van der Waals surface area contributed by atoms with Gasteiger partial charge in [0.1, 0.15) is 11.4 Å². The van der Waals surface area contributed by atoms with E-state index >= 15 is 0 Å². The van der Waals surface area contributed by atoms with Crippen molar-refractivity contribution in [3.63, 3.8) is 0 Å². The first kappa shape index (κ1) is 13.5. The van der Waals surface area contributed by atoms with Crippen molar-refractivity contribution in [1.29, 1.82) is 0 Å². The highest BCUT2D eigenvalue weighted by molar-refractivity contribution is 5.60. The maximum Gasteiger partial charge on any atom is 0.261 e. The van der Waals surface area contributed by atoms with Crippen LogP contribution >= 0.6 is 0 Å². The van der Waals surface area contributed by atoms with E-state index in [-0.39, 0.29) is 11.6 Å². The van der Waals surface area contributed by atoms with Gasteiger partial charge in [-0.2, -0.15) is 4.98 Å². The number of rotatable bonds is 5. The van der Waals surface area contributed by atoms with Gasteiger partial charge in [0.2, 0.25) is 5.82 Å². The number of methoxy groups -OCH3 is 1. The van der Waals surface area contributed by atoms with E-state index in [9.17, 15) is 5.11 Å². The van der Waals surface area contributed by atoms with Crippen LogP contribution in [0.5, 0.6) is 5.75 Å². The summed E-state index contributed by atoms with van der Waals surface area (Å²) in [5, 5.41) is 13.7. The van der Waals surface area contributed by atoms with Crippen molar-refractivity contribution in [2.24, 2.45) is 0 Å². The second-order valence-corrected chi connectivity index (χ2v) is 4.22. The van der Waals surface area contributed by atoms with Gasteiger partial charge < -0.3 is 14.4 Å². The minimum Gasteiger partial charge on any atom is -0.505 e. The number of aromatic hydroxyl groups is 1. The Labute approximate surface area is 111 Å². The van der Waals surface area contributed by atoms with E-state index in [2.05, 4.69) is 15.1 Å². The van der Waals surface area contributed by atoms with Gasteiger partial charge >= 0.3 is 0 Å². The van der Waals surface area contributed by atoms with Crippen LogP contribution in [0.3, 0.4) is 0 Å². The number of pyridine rings is 1. The predicted octanol–water partition coefficient (Wildman–Crippen LogP) is 2.50. The molecule has 0 saturated heterocycles. The summed E-state index contributed by atoms with van der Waals surface area (Å²) in [4.78, 5) is 8.15. The number of nitrogens with zero attached hydrogens (tertiary/aromatic N) is 3. The smallest absolute Gasteiger partial charge is 0.261 e. The zero-order chi connectivity index (χ0) is 13.9. The van der Waals surface area contributed by atoms with E-state index in [0.717, 1.165) is 12.8 Å². The Morgan fingerprint density at radius 1 is 1.37 bits per heavy atom. The fourth-order valence-electron chi connectivity index (χ4n) is 2.03. The molecule has 0 radical (unpaired) electrons. The molecular weight excluding hydrogens is 246 g/mol. The molecule has 19 heavy (non-hydrogen) atoms. The van der Waals surface area contributed by atoms with Crippen molar-refractivity contribution >= 4 is 0 Å². The van der Waals surface area contributed by atoms with Crippen molar-refractivity contribution in [1.82, 2.24) is 15.1 Å². The highest BCUT2D eigenvalue weighted by atomic mass is 16.5. The maximum absolute atomic E-state index is 9.73. The van der Waals surface area contributed by atoms with Gasteiger partial charge in [-0.3, -0.25) is 4.98 Å². The number of hydrogen-bond donors (Lipinski definition) is 1.